The molecule has 0 aromatic rings. The van der Waals surface area contributed by atoms with Crippen LogP contribution in [0.1, 0.15) is 19.8 Å². The van der Waals surface area contributed by atoms with Crippen molar-refractivity contribution in [2.45, 2.75) is 19.8 Å². The Balaban J connectivity index is 3.60. The van der Waals surface area contributed by atoms with Crippen LogP contribution in [0.4, 0.5) is 0 Å². The maximum Gasteiger partial charge on any atom is 0.305 e. The minimum atomic E-state index is -0.888. The Bertz CT molecular complexity index is 153. The summed E-state index contributed by atoms with van der Waals surface area (Å²) < 4.78 is 4.37. The van der Waals surface area contributed by atoms with Crippen molar-refractivity contribution < 1.29 is 19.4 Å². The average molecular weight is 160 g/mol. The van der Waals surface area contributed by atoms with Crippen LogP contribution in [0, 0.1) is 5.92 Å². The predicted octanol–water partition coefficient (Wildman–Crippen LogP) is 0.660. The molecule has 0 aliphatic heterocycles. The Morgan fingerprint density at radius 3 is 2.36 bits per heavy atom. The van der Waals surface area contributed by atoms with Crippen LogP contribution < -0.4 is 0 Å². The molecule has 64 valence electrons. The third kappa shape index (κ3) is 5.39. The number of carbonyl (C=O) groups is 2. The lowest BCUT2D eigenvalue weighted by atomic mass is 10.0. The molecular weight excluding hydrogens is 148 g/mol. The number of hydrogen-bond acceptors (Lipinski definition) is 3. The number of methoxy groups -OCH3 is 1. The molecule has 0 heterocycles. The minimum absolute atomic E-state index is 0.00903. The fraction of sp³-hybridized carbons (Fsp3) is 0.714. The van der Waals surface area contributed by atoms with E-state index in [0.29, 0.717) is 0 Å². The van der Waals surface area contributed by atoms with Crippen LogP contribution in [0.5, 0.6) is 0 Å². The fourth-order valence-electron chi connectivity index (χ4n) is 0.738. The molecule has 0 rings (SSSR count). The maximum absolute atomic E-state index is 10.6. The van der Waals surface area contributed by atoms with E-state index in [2.05, 4.69) is 4.74 Å². The molecule has 0 aliphatic rings. The van der Waals surface area contributed by atoms with Gasteiger partial charge in [-0.25, -0.2) is 0 Å². The molecular formula is C7H12O4. The zero-order chi connectivity index (χ0) is 8.85. The van der Waals surface area contributed by atoms with E-state index < -0.39 is 5.97 Å². The second-order valence-corrected chi connectivity index (χ2v) is 2.48. The molecule has 0 spiro atoms. The van der Waals surface area contributed by atoms with Crippen LogP contribution in [0.15, 0.2) is 0 Å². The third-order valence-corrected chi connectivity index (χ3v) is 1.27. The average Bonchev–Trinajstić information content (AvgIpc) is 1.85. The zero-order valence-electron chi connectivity index (χ0n) is 6.66. The van der Waals surface area contributed by atoms with E-state index >= 15 is 0 Å². The predicted molar refractivity (Wildman–Crippen MR) is 38.0 cm³/mol. The van der Waals surface area contributed by atoms with Gasteiger partial charge in [0.25, 0.3) is 0 Å². The van der Waals surface area contributed by atoms with Crippen molar-refractivity contribution >= 4 is 11.9 Å². The first-order valence-electron chi connectivity index (χ1n) is 3.35. The smallest absolute Gasteiger partial charge is 0.305 e. The van der Waals surface area contributed by atoms with Gasteiger partial charge in [-0.3, -0.25) is 9.59 Å². The molecule has 1 N–H and O–H groups in total. The Labute approximate surface area is 65.2 Å². The first-order valence-corrected chi connectivity index (χ1v) is 3.35. The number of aliphatic carboxylic acids is 1. The van der Waals surface area contributed by atoms with Gasteiger partial charge in [-0.15, -0.1) is 0 Å². The van der Waals surface area contributed by atoms with Gasteiger partial charge in [0.2, 0.25) is 0 Å². The first kappa shape index (κ1) is 9.94. The van der Waals surface area contributed by atoms with Crippen LogP contribution in [0.25, 0.3) is 0 Å². The molecule has 0 fully saturated rings. The lowest BCUT2D eigenvalue weighted by molar-refractivity contribution is -0.142. The van der Waals surface area contributed by atoms with Gasteiger partial charge in [-0.05, 0) is 5.92 Å². The summed E-state index contributed by atoms with van der Waals surface area (Å²) in [5, 5.41) is 8.32. The molecule has 0 bridgehead atoms. The van der Waals surface area contributed by atoms with Gasteiger partial charge in [0, 0.05) is 12.8 Å². The summed E-state index contributed by atoms with van der Waals surface area (Å²) in [7, 11) is 1.29. The second-order valence-electron chi connectivity index (χ2n) is 2.48. The van der Waals surface area contributed by atoms with Crippen molar-refractivity contribution in [3.05, 3.63) is 0 Å². The Kier molecular flexibility index (Phi) is 4.26. The van der Waals surface area contributed by atoms with E-state index in [0.717, 1.165) is 0 Å². The number of ether oxygens (including phenoxy) is 1. The van der Waals surface area contributed by atoms with Gasteiger partial charge in [0.15, 0.2) is 0 Å². The van der Waals surface area contributed by atoms with Gasteiger partial charge in [0.1, 0.15) is 0 Å². The number of esters is 1. The topological polar surface area (TPSA) is 63.6 Å². The highest BCUT2D eigenvalue weighted by Gasteiger charge is 2.11. The number of carboxylic acid groups (broad SMARTS) is 1. The van der Waals surface area contributed by atoms with Gasteiger partial charge in [-0.1, -0.05) is 6.92 Å². The number of carbonyl (C=O) groups excluding carboxylic acids is 1. The molecule has 0 saturated heterocycles. The largest absolute Gasteiger partial charge is 0.481 e. The van der Waals surface area contributed by atoms with Gasteiger partial charge in [-0.2, -0.15) is 0 Å². The molecule has 0 saturated carbocycles. The summed E-state index contributed by atoms with van der Waals surface area (Å²) in [6.07, 6.45) is 0.178. The fourth-order valence-corrected chi connectivity index (χ4v) is 0.738. The van der Waals surface area contributed by atoms with Crippen molar-refractivity contribution in [1.82, 2.24) is 0 Å². The van der Waals surface area contributed by atoms with Gasteiger partial charge < -0.3 is 9.84 Å². The van der Waals surface area contributed by atoms with Gasteiger partial charge in [0.05, 0.1) is 7.11 Å². The standard InChI is InChI=1S/C7H12O4/c1-5(3-6(8)9)4-7(10)11-2/h5H,3-4H2,1-2H3,(H,8,9)/t5-/m0/s1. The Morgan fingerprint density at radius 2 is 2.00 bits per heavy atom. The second kappa shape index (κ2) is 4.71. The van der Waals surface area contributed by atoms with Gasteiger partial charge >= 0.3 is 11.9 Å². The minimum Gasteiger partial charge on any atom is -0.481 e. The molecule has 0 aliphatic carbocycles. The number of rotatable bonds is 4. The molecule has 11 heavy (non-hydrogen) atoms. The molecule has 1 atom stereocenters. The van der Waals surface area contributed by atoms with E-state index in [9.17, 15) is 9.59 Å². The van der Waals surface area contributed by atoms with Crippen molar-refractivity contribution in [3.63, 3.8) is 0 Å². The van der Waals surface area contributed by atoms with E-state index in [1.165, 1.54) is 7.11 Å². The summed E-state index contributed by atoms with van der Waals surface area (Å²) in [5.41, 5.74) is 0. The lowest BCUT2D eigenvalue weighted by Gasteiger charge is -2.05. The Hall–Kier alpha value is -1.06. The molecule has 0 aromatic heterocycles. The highest BCUT2D eigenvalue weighted by atomic mass is 16.5. The van der Waals surface area contributed by atoms with E-state index in [1.54, 1.807) is 6.92 Å². The summed E-state index contributed by atoms with van der Waals surface area (Å²) in [6, 6.07) is 0. The van der Waals surface area contributed by atoms with E-state index in [-0.39, 0.29) is 24.7 Å². The Morgan fingerprint density at radius 1 is 1.45 bits per heavy atom. The van der Waals surface area contributed by atoms with Crippen molar-refractivity contribution in [2.24, 2.45) is 5.92 Å². The quantitative estimate of drug-likeness (QED) is 0.613. The summed E-state index contributed by atoms with van der Waals surface area (Å²) in [6.45, 7) is 1.70. The van der Waals surface area contributed by atoms with E-state index in [1.807, 2.05) is 0 Å². The highest BCUT2D eigenvalue weighted by molar-refractivity contribution is 5.71. The van der Waals surface area contributed by atoms with Crippen molar-refractivity contribution in [2.75, 3.05) is 7.11 Å². The maximum atomic E-state index is 10.6. The highest BCUT2D eigenvalue weighted by Crippen LogP contribution is 2.07. The molecule has 0 aromatic carbocycles. The van der Waals surface area contributed by atoms with Crippen molar-refractivity contribution in [3.8, 4) is 0 Å². The SMILES string of the molecule is COC(=O)C[C@@H](C)CC(=O)O. The van der Waals surface area contributed by atoms with Crippen LogP contribution in [0.3, 0.4) is 0 Å². The summed E-state index contributed by atoms with van der Waals surface area (Å²) in [5.74, 6) is -1.40. The number of carboxylic acids is 1. The third-order valence-electron chi connectivity index (χ3n) is 1.27. The van der Waals surface area contributed by atoms with Crippen molar-refractivity contribution in [1.29, 1.82) is 0 Å². The molecule has 4 nitrogen and oxygen atoms in total. The van der Waals surface area contributed by atoms with E-state index in [4.69, 9.17) is 5.11 Å². The zero-order valence-corrected chi connectivity index (χ0v) is 6.66. The number of hydrogen-bond donors (Lipinski definition) is 1. The molecule has 4 heteroatoms. The monoisotopic (exact) mass is 160 g/mol. The summed E-state index contributed by atoms with van der Waals surface area (Å²) in [4.78, 5) is 20.7. The van der Waals surface area contributed by atoms with Crippen LogP contribution in [-0.4, -0.2) is 24.2 Å². The molecule has 0 amide bonds. The first-order chi connectivity index (χ1) is 5.06. The normalized spacial score (nSPS) is 12.2. The van der Waals surface area contributed by atoms with Crippen LogP contribution >= 0.6 is 0 Å². The molecule has 0 unspecified atom stereocenters. The molecule has 0 radical (unpaired) electrons. The van der Waals surface area contributed by atoms with Crippen LogP contribution in [-0.2, 0) is 14.3 Å². The van der Waals surface area contributed by atoms with Crippen LogP contribution in [0.2, 0.25) is 0 Å². The lowest BCUT2D eigenvalue weighted by Crippen LogP contribution is -2.10. The summed E-state index contributed by atoms with van der Waals surface area (Å²) >= 11 is 0.